The van der Waals surface area contributed by atoms with Crippen LogP contribution in [0.3, 0.4) is 0 Å². The molecule has 2 rings (SSSR count). The van der Waals surface area contributed by atoms with Gasteiger partial charge in [-0.25, -0.2) is 0 Å². The zero-order chi connectivity index (χ0) is 8.39. The zero-order valence-corrected chi connectivity index (χ0v) is 6.94. The maximum atomic E-state index is 11.5. The van der Waals surface area contributed by atoms with Crippen LogP contribution >= 0.6 is 0 Å². The molecule has 2 aliphatic rings. The molecule has 0 aliphatic heterocycles. The highest BCUT2D eigenvalue weighted by atomic mass is 16.1. The summed E-state index contributed by atoms with van der Waals surface area (Å²) in [5.41, 5.74) is 0. The molecule has 0 amide bonds. The summed E-state index contributed by atoms with van der Waals surface area (Å²) in [4.78, 5) is 11.5. The van der Waals surface area contributed by atoms with E-state index in [1.165, 1.54) is 0 Å². The fourth-order valence-electron chi connectivity index (χ4n) is 1.71. The zero-order valence-electron chi connectivity index (χ0n) is 6.94. The summed E-state index contributed by atoms with van der Waals surface area (Å²) < 4.78 is 0. The molecule has 0 spiro atoms. The Morgan fingerprint density at radius 3 is 2.92 bits per heavy atom. The summed E-state index contributed by atoms with van der Waals surface area (Å²) in [6, 6.07) is 0. The number of allylic oxidation sites excluding steroid dienone is 6. The van der Waals surface area contributed by atoms with Crippen molar-refractivity contribution in [2.75, 3.05) is 0 Å². The first-order chi connectivity index (χ1) is 5.86. The van der Waals surface area contributed by atoms with Crippen LogP contribution < -0.4 is 0 Å². The smallest absolute Gasteiger partial charge is 0.144 e. The van der Waals surface area contributed by atoms with E-state index in [0.29, 0.717) is 18.1 Å². The molecule has 2 aliphatic carbocycles. The molecule has 0 heterocycles. The first-order valence-corrected chi connectivity index (χ1v) is 4.40. The van der Waals surface area contributed by atoms with E-state index in [4.69, 9.17) is 0 Å². The van der Waals surface area contributed by atoms with E-state index in [1.54, 1.807) is 0 Å². The SMILES string of the molecule is O=C1C[C@H]2C=C/C=C\[C@@H]1C=CC2. The van der Waals surface area contributed by atoms with E-state index in [2.05, 4.69) is 18.2 Å². The molecule has 0 aromatic carbocycles. The molecule has 62 valence electrons. The highest BCUT2D eigenvalue weighted by Gasteiger charge is 2.20. The van der Waals surface area contributed by atoms with Gasteiger partial charge in [-0.05, 0) is 12.3 Å². The van der Waals surface area contributed by atoms with Gasteiger partial charge in [0.25, 0.3) is 0 Å². The van der Waals surface area contributed by atoms with Crippen molar-refractivity contribution in [3.63, 3.8) is 0 Å². The molecule has 0 radical (unpaired) electrons. The second-order valence-electron chi connectivity index (χ2n) is 3.39. The highest BCUT2D eigenvalue weighted by Crippen LogP contribution is 2.23. The molecule has 0 aromatic heterocycles. The summed E-state index contributed by atoms with van der Waals surface area (Å²) in [6.07, 6.45) is 14.0. The Hall–Kier alpha value is -1.11. The third kappa shape index (κ3) is 1.40. The number of hydrogen-bond donors (Lipinski definition) is 0. The fraction of sp³-hybridized carbons (Fsp3) is 0.364. The maximum Gasteiger partial charge on any atom is 0.144 e. The van der Waals surface area contributed by atoms with Gasteiger partial charge in [-0.1, -0.05) is 36.5 Å². The van der Waals surface area contributed by atoms with Gasteiger partial charge in [0.05, 0.1) is 5.92 Å². The lowest BCUT2D eigenvalue weighted by Crippen LogP contribution is -2.12. The summed E-state index contributed by atoms with van der Waals surface area (Å²) in [5.74, 6) is 0.831. The Morgan fingerprint density at radius 1 is 1.17 bits per heavy atom. The van der Waals surface area contributed by atoms with Gasteiger partial charge in [0.15, 0.2) is 0 Å². The van der Waals surface area contributed by atoms with E-state index in [0.717, 1.165) is 6.42 Å². The molecular formula is C11H12O. The van der Waals surface area contributed by atoms with Gasteiger partial charge >= 0.3 is 0 Å². The molecule has 0 saturated heterocycles. The first kappa shape index (κ1) is 7.53. The number of rotatable bonds is 0. The quantitative estimate of drug-likeness (QED) is 0.497. The van der Waals surface area contributed by atoms with E-state index >= 15 is 0 Å². The standard InChI is InChI=1S/C11H12O/c12-11-8-9-4-1-2-6-10(11)7-3-5-9/h1-4,6-7,9-10H,5,8H2/b4-1?,6-2-/t9-,10+/m0/s1. The molecule has 2 atom stereocenters. The largest absolute Gasteiger partial charge is 0.299 e. The third-order valence-corrected chi connectivity index (χ3v) is 2.43. The average Bonchev–Trinajstić information content (AvgIpc) is 2.18. The van der Waals surface area contributed by atoms with E-state index in [-0.39, 0.29) is 5.92 Å². The van der Waals surface area contributed by atoms with Crippen molar-refractivity contribution in [2.24, 2.45) is 11.8 Å². The van der Waals surface area contributed by atoms with Crippen LogP contribution in [-0.2, 0) is 4.79 Å². The maximum absolute atomic E-state index is 11.5. The lowest BCUT2D eigenvalue weighted by Gasteiger charge is -2.10. The summed E-state index contributed by atoms with van der Waals surface area (Å²) in [6.45, 7) is 0. The highest BCUT2D eigenvalue weighted by molar-refractivity contribution is 5.85. The Balaban J connectivity index is 2.35. The second-order valence-corrected chi connectivity index (χ2v) is 3.39. The van der Waals surface area contributed by atoms with Crippen molar-refractivity contribution >= 4 is 5.78 Å². The van der Waals surface area contributed by atoms with Crippen molar-refractivity contribution in [1.29, 1.82) is 0 Å². The number of fused-ring (bicyclic) bond motifs is 3. The molecule has 1 nitrogen and oxygen atoms in total. The monoisotopic (exact) mass is 160 g/mol. The van der Waals surface area contributed by atoms with E-state index < -0.39 is 0 Å². The minimum Gasteiger partial charge on any atom is -0.299 e. The van der Waals surface area contributed by atoms with Gasteiger partial charge in [-0.15, -0.1) is 0 Å². The van der Waals surface area contributed by atoms with Gasteiger partial charge in [0, 0.05) is 6.42 Å². The molecule has 1 heteroatoms. The first-order valence-electron chi connectivity index (χ1n) is 4.40. The minimum absolute atomic E-state index is 0.0416. The van der Waals surface area contributed by atoms with Crippen molar-refractivity contribution in [1.82, 2.24) is 0 Å². The number of hydrogen-bond acceptors (Lipinski definition) is 1. The molecule has 2 bridgehead atoms. The lowest BCUT2D eigenvalue weighted by molar-refractivity contribution is -0.120. The normalized spacial score (nSPS) is 35.8. The summed E-state index contributed by atoms with van der Waals surface area (Å²) in [5, 5.41) is 0. The van der Waals surface area contributed by atoms with Crippen molar-refractivity contribution in [3.8, 4) is 0 Å². The van der Waals surface area contributed by atoms with Crippen LogP contribution in [0.5, 0.6) is 0 Å². The number of Topliss-reactive ketones (excluding diaryl/α,β-unsaturated/α-hetero) is 1. The van der Waals surface area contributed by atoms with Gasteiger partial charge < -0.3 is 0 Å². The third-order valence-electron chi connectivity index (χ3n) is 2.43. The Morgan fingerprint density at radius 2 is 2.00 bits per heavy atom. The van der Waals surface area contributed by atoms with Crippen molar-refractivity contribution < 1.29 is 4.79 Å². The Labute approximate surface area is 72.5 Å². The van der Waals surface area contributed by atoms with Gasteiger partial charge in [-0.3, -0.25) is 4.79 Å². The molecule has 0 saturated carbocycles. The van der Waals surface area contributed by atoms with Crippen LogP contribution in [0.15, 0.2) is 36.5 Å². The molecule has 0 N–H and O–H groups in total. The number of carbonyl (C=O) groups is 1. The lowest BCUT2D eigenvalue weighted by atomic mass is 9.94. The summed E-state index contributed by atoms with van der Waals surface area (Å²) >= 11 is 0. The topological polar surface area (TPSA) is 17.1 Å². The molecule has 0 unspecified atom stereocenters. The minimum atomic E-state index is 0.0416. The van der Waals surface area contributed by atoms with E-state index in [9.17, 15) is 4.79 Å². The van der Waals surface area contributed by atoms with Crippen molar-refractivity contribution in [2.45, 2.75) is 12.8 Å². The van der Waals surface area contributed by atoms with Gasteiger partial charge in [0.1, 0.15) is 5.78 Å². The fourth-order valence-corrected chi connectivity index (χ4v) is 1.71. The molecular weight excluding hydrogens is 148 g/mol. The van der Waals surface area contributed by atoms with Crippen LogP contribution in [-0.4, -0.2) is 5.78 Å². The molecule has 0 fully saturated rings. The molecule has 0 aromatic rings. The molecule has 12 heavy (non-hydrogen) atoms. The predicted octanol–water partition coefficient (Wildman–Crippen LogP) is 2.26. The predicted molar refractivity (Wildman–Crippen MR) is 48.6 cm³/mol. The Bertz CT molecular complexity index is 271. The van der Waals surface area contributed by atoms with Crippen LogP contribution in [0.25, 0.3) is 0 Å². The Kier molecular flexibility index (Phi) is 1.94. The van der Waals surface area contributed by atoms with E-state index in [1.807, 2.05) is 18.2 Å². The average molecular weight is 160 g/mol. The van der Waals surface area contributed by atoms with Crippen LogP contribution in [0.4, 0.5) is 0 Å². The number of carbonyl (C=O) groups excluding carboxylic acids is 1. The van der Waals surface area contributed by atoms with Gasteiger partial charge in [0.2, 0.25) is 0 Å². The van der Waals surface area contributed by atoms with Crippen LogP contribution in [0, 0.1) is 11.8 Å². The summed E-state index contributed by atoms with van der Waals surface area (Å²) in [7, 11) is 0. The van der Waals surface area contributed by atoms with Crippen molar-refractivity contribution in [3.05, 3.63) is 36.5 Å². The van der Waals surface area contributed by atoms with Crippen LogP contribution in [0.2, 0.25) is 0 Å². The number of ketones is 1. The second kappa shape index (κ2) is 3.10. The van der Waals surface area contributed by atoms with Gasteiger partial charge in [-0.2, -0.15) is 0 Å². The van der Waals surface area contributed by atoms with Crippen LogP contribution in [0.1, 0.15) is 12.8 Å².